The number of anilines is 1. The van der Waals surface area contributed by atoms with Crippen molar-refractivity contribution in [1.82, 2.24) is 5.32 Å². The first kappa shape index (κ1) is 26.2. The predicted octanol–water partition coefficient (Wildman–Crippen LogP) is 6.94. The van der Waals surface area contributed by atoms with Crippen molar-refractivity contribution >= 4 is 17.6 Å². The molecule has 198 valence electrons. The third-order valence-electron chi connectivity index (χ3n) is 7.40. The lowest BCUT2D eigenvalue weighted by Crippen LogP contribution is -2.30. The number of amides is 1. The van der Waals surface area contributed by atoms with E-state index < -0.39 is 5.97 Å². The summed E-state index contributed by atoms with van der Waals surface area (Å²) in [5.74, 6) is -1.37. The van der Waals surface area contributed by atoms with Gasteiger partial charge in [-0.1, -0.05) is 48.5 Å². The maximum Gasteiger partial charge on any atom is 0.336 e. The Bertz CT molecular complexity index is 1530. The van der Waals surface area contributed by atoms with E-state index in [2.05, 4.69) is 10.2 Å². The highest BCUT2D eigenvalue weighted by Crippen LogP contribution is 2.31. The van der Waals surface area contributed by atoms with E-state index in [1.54, 1.807) is 18.2 Å². The molecule has 39 heavy (non-hydrogen) atoms. The molecular weight excluding hydrogens is 491 g/mol. The lowest BCUT2D eigenvalue weighted by atomic mass is 9.96. The van der Waals surface area contributed by atoms with Crippen LogP contribution >= 0.6 is 0 Å². The van der Waals surface area contributed by atoms with Crippen LogP contribution in [0.4, 0.5) is 10.1 Å². The molecule has 1 atom stereocenters. The number of carboxylic acid groups (broad SMARTS) is 1. The van der Waals surface area contributed by atoms with E-state index in [4.69, 9.17) is 0 Å². The number of nitrogens with zero attached hydrogens (tertiary/aromatic N) is 1. The van der Waals surface area contributed by atoms with E-state index in [1.165, 1.54) is 12.1 Å². The summed E-state index contributed by atoms with van der Waals surface area (Å²) in [5, 5.41) is 12.6. The van der Waals surface area contributed by atoms with Crippen molar-refractivity contribution < 1.29 is 19.1 Å². The molecule has 6 heteroatoms. The largest absolute Gasteiger partial charge is 0.478 e. The minimum Gasteiger partial charge on any atom is -0.478 e. The lowest BCUT2D eigenvalue weighted by Gasteiger charge is -2.32. The molecule has 1 aliphatic heterocycles. The molecule has 2 N–H and O–H groups in total. The van der Waals surface area contributed by atoms with E-state index in [0.717, 1.165) is 59.4 Å². The SMILES string of the molecule is Cc1cc(F)ccc1[C@H](C)NC(=O)c1ccc2c(c1)CCCN2Cc1ccc(-c2ccccc2C(=O)O)cc1. The van der Waals surface area contributed by atoms with Gasteiger partial charge in [0.1, 0.15) is 5.82 Å². The highest BCUT2D eigenvalue weighted by atomic mass is 19.1. The fourth-order valence-corrected chi connectivity index (χ4v) is 5.39. The van der Waals surface area contributed by atoms with Crippen molar-refractivity contribution in [2.24, 2.45) is 0 Å². The van der Waals surface area contributed by atoms with Gasteiger partial charge in [-0.2, -0.15) is 0 Å². The van der Waals surface area contributed by atoms with Crippen molar-refractivity contribution in [3.63, 3.8) is 0 Å². The zero-order valence-electron chi connectivity index (χ0n) is 22.1. The molecule has 1 amide bonds. The molecule has 5 rings (SSSR count). The van der Waals surface area contributed by atoms with Gasteiger partial charge < -0.3 is 15.3 Å². The van der Waals surface area contributed by atoms with Gasteiger partial charge in [0.15, 0.2) is 0 Å². The molecular formula is C33H31FN2O3. The molecule has 1 aliphatic rings. The third kappa shape index (κ3) is 5.70. The average molecular weight is 523 g/mol. The summed E-state index contributed by atoms with van der Waals surface area (Å²) in [5.41, 5.74) is 7.58. The van der Waals surface area contributed by atoms with Gasteiger partial charge in [-0.05, 0) is 96.5 Å². The predicted molar refractivity (Wildman–Crippen MR) is 152 cm³/mol. The Morgan fingerprint density at radius 3 is 2.51 bits per heavy atom. The second kappa shape index (κ2) is 11.1. The number of halogens is 1. The maximum absolute atomic E-state index is 13.5. The molecule has 0 spiro atoms. The Hall–Kier alpha value is -4.45. The van der Waals surface area contributed by atoms with Crippen LogP contribution in [-0.4, -0.2) is 23.5 Å². The number of carbonyl (C=O) groups is 2. The smallest absolute Gasteiger partial charge is 0.336 e. The van der Waals surface area contributed by atoms with Crippen LogP contribution in [0.2, 0.25) is 0 Å². The number of nitrogens with one attached hydrogen (secondary N) is 1. The number of hydrogen-bond acceptors (Lipinski definition) is 3. The normalized spacial score (nSPS) is 13.5. The zero-order chi connectivity index (χ0) is 27.5. The summed E-state index contributed by atoms with van der Waals surface area (Å²) in [6.45, 7) is 5.39. The maximum atomic E-state index is 13.5. The van der Waals surface area contributed by atoms with Gasteiger partial charge in [0.25, 0.3) is 5.91 Å². The van der Waals surface area contributed by atoms with Crippen molar-refractivity contribution in [3.05, 3.63) is 124 Å². The van der Waals surface area contributed by atoms with Gasteiger partial charge >= 0.3 is 5.97 Å². The Morgan fingerprint density at radius 2 is 1.77 bits per heavy atom. The second-order valence-corrected chi connectivity index (χ2v) is 10.1. The Labute approximate surface area is 227 Å². The van der Waals surface area contributed by atoms with Crippen molar-refractivity contribution in [2.45, 2.75) is 39.3 Å². The van der Waals surface area contributed by atoms with E-state index in [-0.39, 0.29) is 23.3 Å². The van der Waals surface area contributed by atoms with Crippen LogP contribution in [-0.2, 0) is 13.0 Å². The lowest BCUT2D eigenvalue weighted by molar-refractivity contribution is 0.0697. The monoisotopic (exact) mass is 522 g/mol. The van der Waals surface area contributed by atoms with E-state index in [0.29, 0.717) is 11.1 Å². The summed E-state index contributed by atoms with van der Waals surface area (Å²) in [7, 11) is 0. The molecule has 0 aliphatic carbocycles. The van der Waals surface area contributed by atoms with Crippen LogP contribution in [0.15, 0.2) is 84.9 Å². The molecule has 0 bridgehead atoms. The summed E-state index contributed by atoms with van der Waals surface area (Å²) in [4.78, 5) is 27.0. The van der Waals surface area contributed by atoms with E-state index >= 15 is 0 Å². The fourth-order valence-electron chi connectivity index (χ4n) is 5.39. The number of aryl methyl sites for hydroxylation is 2. The molecule has 0 fully saturated rings. The summed E-state index contributed by atoms with van der Waals surface area (Å²) >= 11 is 0. The molecule has 0 saturated heterocycles. The van der Waals surface area contributed by atoms with Gasteiger partial charge in [-0.15, -0.1) is 0 Å². The van der Waals surface area contributed by atoms with E-state index in [1.807, 2.05) is 68.4 Å². The van der Waals surface area contributed by atoms with Crippen LogP contribution in [0.1, 0.15) is 62.4 Å². The number of carboxylic acids is 1. The van der Waals surface area contributed by atoms with Gasteiger partial charge in [0.05, 0.1) is 11.6 Å². The van der Waals surface area contributed by atoms with Gasteiger partial charge in [0, 0.05) is 24.3 Å². The fraction of sp³-hybridized carbons (Fsp3) is 0.212. The quantitative estimate of drug-likeness (QED) is 0.276. The second-order valence-electron chi connectivity index (χ2n) is 10.1. The summed E-state index contributed by atoms with van der Waals surface area (Å²) in [6, 6.07) is 25.3. The molecule has 4 aromatic rings. The topological polar surface area (TPSA) is 69.6 Å². The number of carbonyl (C=O) groups excluding carboxylic acids is 1. The number of benzene rings is 4. The average Bonchev–Trinajstić information content (AvgIpc) is 2.93. The highest BCUT2D eigenvalue weighted by Gasteiger charge is 2.20. The third-order valence-corrected chi connectivity index (χ3v) is 7.40. The first-order valence-electron chi connectivity index (χ1n) is 13.2. The number of aromatic carboxylic acids is 1. The van der Waals surface area contributed by atoms with Crippen LogP contribution < -0.4 is 10.2 Å². The van der Waals surface area contributed by atoms with Crippen molar-refractivity contribution in [1.29, 1.82) is 0 Å². The molecule has 0 radical (unpaired) electrons. The van der Waals surface area contributed by atoms with Crippen LogP contribution in [0.3, 0.4) is 0 Å². The first-order valence-corrected chi connectivity index (χ1v) is 13.2. The van der Waals surface area contributed by atoms with Gasteiger partial charge in [-0.3, -0.25) is 4.79 Å². The molecule has 4 aromatic carbocycles. The van der Waals surface area contributed by atoms with Gasteiger partial charge in [0.2, 0.25) is 0 Å². The summed E-state index contributed by atoms with van der Waals surface area (Å²) < 4.78 is 13.5. The van der Waals surface area contributed by atoms with Crippen molar-refractivity contribution in [3.8, 4) is 11.1 Å². The minimum atomic E-state index is -0.937. The van der Waals surface area contributed by atoms with E-state index in [9.17, 15) is 19.1 Å². The highest BCUT2D eigenvalue weighted by molar-refractivity contribution is 5.96. The number of rotatable bonds is 7. The Balaban J connectivity index is 1.29. The molecule has 0 aromatic heterocycles. The van der Waals surface area contributed by atoms with Crippen LogP contribution in [0.5, 0.6) is 0 Å². The molecule has 1 heterocycles. The van der Waals surface area contributed by atoms with Crippen LogP contribution in [0, 0.1) is 12.7 Å². The number of hydrogen-bond donors (Lipinski definition) is 2. The number of fused-ring (bicyclic) bond motifs is 1. The Kier molecular flexibility index (Phi) is 7.46. The van der Waals surface area contributed by atoms with Gasteiger partial charge in [-0.25, -0.2) is 9.18 Å². The molecule has 0 saturated carbocycles. The molecule has 0 unspecified atom stereocenters. The standard InChI is InChI=1S/C33H31FN2O3/c1-21-18-27(34)14-15-28(21)22(2)35-32(37)26-13-16-31-25(19-26)6-5-17-36(31)20-23-9-11-24(12-10-23)29-7-3-4-8-30(29)33(38)39/h3-4,7-16,18-19,22H,5-6,17,20H2,1-2H3,(H,35,37)(H,38,39)/t22-/m0/s1. The van der Waals surface area contributed by atoms with Crippen LogP contribution in [0.25, 0.3) is 11.1 Å². The summed E-state index contributed by atoms with van der Waals surface area (Å²) in [6.07, 6.45) is 1.90. The van der Waals surface area contributed by atoms with Crippen molar-refractivity contribution in [2.75, 3.05) is 11.4 Å². The Morgan fingerprint density at radius 1 is 1.00 bits per heavy atom. The minimum absolute atomic E-state index is 0.150. The zero-order valence-corrected chi connectivity index (χ0v) is 22.1. The first-order chi connectivity index (χ1) is 18.8. The molecule has 5 nitrogen and oxygen atoms in total.